The van der Waals surface area contributed by atoms with Gasteiger partial charge in [-0.15, -0.1) is 0 Å². The molecular weight excluding hydrogens is 188 g/mol. The molecule has 0 aromatic heterocycles. The fourth-order valence-corrected chi connectivity index (χ4v) is 2.26. The van der Waals surface area contributed by atoms with Gasteiger partial charge in [-0.1, -0.05) is 24.3 Å². The second-order valence-corrected chi connectivity index (χ2v) is 4.66. The van der Waals surface area contributed by atoms with Gasteiger partial charge in [0.1, 0.15) is 0 Å². The fraction of sp³-hybridized carbons (Fsp3) is 0.538. The third-order valence-electron chi connectivity index (χ3n) is 3.47. The quantitative estimate of drug-likeness (QED) is 0.802. The van der Waals surface area contributed by atoms with Crippen LogP contribution in [0.3, 0.4) is 0 Å². The minimum atomic E-state index is -0.505. The second-order valence-electron chi connectivity index (χ2n) is 4.66. The van der Waals surface area contributed by atoms with E-state index in [1.807, 2.05) is 12.1 Å². The first-order chi connectivity index (χ1) is 7.28. The van der Waals surface area contributed by atoms with Crippen molar-refractivity contribution >= 4 is 0 Å². The monoisotopic (exact) mass is 204 g/mol. The zero-order valence-corrected chi connectivity index (χ0v) is 8.78. The molecular formula is C13H16O2. The number of rotatable bonds is 2. The summed E-state index contributed by atoms with van der Waals surface area (Å²) in [5.74, 6) is 0. The molecule has 0 spiro atoms. The van der Waals surface area contributed by atoms with Crippen molar-refractivity contribution in [1.82, 2.24) is 0 Å². The Labute approximate surface area is 89.9 Å². The summed E-state index contributed by atoms with van der Waals surface area (Å²) in [5.41, 5.74) is 1.81. The van der Waals surface area contributed by atoms with Gasteiger partial charge in [-0.3, -0.25) is 0 Å². The summed E-state index contributed by atoms with van der Waals surface area (Å²) in [7, 11) is 0. The van der Waals surface area contributed by atoms with Crippen LogP contribution in [0, 0.1) is 0 Å². The van der Waals surface area contributed by atoms with E-state index in [0.29, 0.717) is 0 Å². The summed E-state index contributed by atoms with van der Waals surface area (Å²) < 4.78 is 5.62. The highest BCUT2D eigenvalue weighted by molar-refractivity contribution is 5.31. The summed E-state index contributed by atoms with van der Waals surface area (Å²) in [6.07, 6.45) is 4.39. The van der Waals surface area contributed by atoms with Crippen LogP contribution in [-0.2, 0) is 10.3 Å². The van der Waals surface area contributed by atoms with Gasteiger partial charge < -0.3 is 9.84 Å². The Morgan fingerprint density at radius 2 is 1.93 bits per heavy atom. The Kier molecular flexibility index (Phi) is 2.08. The van der Waals surface area contributed by atoms with Gasteiger partial charge in [0.25, 0.3) is 0 Å². The Hall–Kier alpha value is -0.860. The second kappa shape index (κ2) is 3.32. The van der Waals surface area contributed by atoms with Gasteiger partial charge in [-0.05, 0) is 36.8 Å². The number of hydrogen-bond acceptors (Lipinski definition) is 2. The lowest BCUT2D eigenvalue weighted by atomic mass is 10.0. The van der Waals surface area contributed by atoms with Crippen LogP contribution in [0.15, 0.2) is 24.3 Å². The molecule has 1 aromatic carbocycles. The third-order valence-corrected chi connectivity index (χ3v) is 3.47. The molecule has 1 heterocycles. The predicted octanol–water partition coefficient (Wildman–Crippen LogP) is 2.52. The van der Waals surface area contributed by atoms with Crippen LogP contribution in [0.25, 0.3) is 0 Å². The summed E-state index contributed by atoms with van der Waals surface area (Å²) in [6, 6.07) is 8.29. The van der Waals surface area contributed by atoms with E-state index in [-0.39, 0.29) is 6.10 Å². The average molecular weight is 204 g/mol. The number of hydrogen-bond donors (Lipinski definition) is 1. The summed E-state index contributed by atoms with van der Waals surface area (Å²) >= 11 is 0. The van der Waals surface area contributed by atoms with E-state index in [0.717, 1.165) is 37.9 Å². The largest absolute Gasteiger partial charge is 0.385 e. The van der Waals surface area contributed by atoms with Crippen LogP contribution in [0.1, 0.15) is 42.9 Å². The molecule has 80 valence electrons. The van der Waals surface area contributed by atoms with Crippen molar-refractivity contribution in [3.63, 3.8) is 0 Å². The molecule has 3 rings (SSSR count). The molecule has 0 bridgehead atoms. The first-order valence-corrected chi connectivity index (χ1v) is 5.72. The third kappa shape index (κ3) is 1.68. The van der Waals surface area contributed by atoms with E-state index < -0.39 is 5.60 Å². The SMILES string of the molecule is OC1(c2ccc(C3CCCO3)cc2)CC1. The maximum atomic E-state index is 9.93. The molecule has 1 aliphatic carbocycles. The van der Waals surface area contributed by atoms with E-state index >= 15 is 0 Å². The van der Waals surface area contributed by atoms with Crippen LogP contribution in [0.4, 0.5) is 0 Å². The molecule has 1 N–H and O–H groups in total. The summed E-state index contributed by atoms with van der Waals surface area (Å²) in [6.45, 7) is 0.885. The van der Waals surface area contributed by atoms with Crippen molar-refractivity contribution in [2.45, 2.75) is 37.4 Å². The maximum absolute atomic E-state index is 9.93. The van der Waals surface area contributed by atoms with Crippen LogP contribution in [0.5, 0.6) is 0 Å². The van der Waals surface area contributed by atoms with Gasteiger partial charge in [-0.2, -0.15) is 0 Å². The Morgan fingerprint density at radius 3 is 2.47 bits per heavy atom. The van der Waals surface area contributed by atoms with E-state index in [1.54, 1.807) is 0 Å². The van der Waals surface area contributed by atoms with Crippen LogP contribution < -0.4 is 0 Å². The molecule has 2 aliphatic rings. The van der Waals surface area contributed by atoms with Gasteiger partial charge in [0, 0.05) is 6.61 Å². The number of aliphatic hydroxyl groups is 1. The molecule has 1 saturated heterocycles. The lowest BCUT2D eigenvalue weighted by Gasteiger charge is -2.12. The van der Waals surface area contributed by atoms with Gasteiger partial charge in [0.2, 0.25) is 0 Å². The highest BCUT2D eigenvalue weighted by Crippen LogP contribution is 2.45. The van der Waals surface area contributed by atoms with Crippen LogP contribution in [-0.4, -0.2) is 11.7 Å². The Morgan fingerprint density at radius 1 is 1.20 bits per heavy atom. The first kappa shape index (κ1) is 9.37. The first-order valence-electron chi connectivity index (χ1n) is 5.72. The molecule has 0 radical (unpaired) electrons. The van der Waals surface area contributed by atoms with E-state index in [4.69, 9.17) is 4.74 Å². The fourth-order valence-electron chi connectivity index (χ4n) is 2.26. The lowest BCUT2D eigenvalue weighted by molar-refractivity contribution is 0.111. The molecule has 1 unspecified atom stereocenters. The number of ether oxygens (including phenoxy) is 1. The van der Waals surface area contributed by atoms with Gasteiger partial charge in [0.05, 0.1) is 11.7 Å². The minimum Gasteiger partial charge on any atom is -0.385 e. The molecule has 2 nitrogen and oxygen atoms in total. The van der Waals surface area contributed by atoms with Crippen molar-refractivity contribution in [3.8, 4) is 0 Å². The number of benzene rings is 1. The molecule has 15 heavy (non-hydrogen) atoms. The lowest BCUT2D eigenvalue weighted by Crippen LogP contribution is -2.04. The molecule has 1 atom stereocenters. The van der Waals surface area contributed by atoms with Crippen LogP contribution >= 0.6 is 0 Å². The molecule has 1 aromatic rings. The highest BCUT2D eigenvalue weighted by atomic mass is 16.5. The van der Waals surface area contributed by atoms with Crippen molar-refractivity contribution in [1.29, 1.82) is 0 Å². The minimum absolute atomic E-state index is 0.285. The Bertz CT molecular complexity index is 345. The van der Waals surface area contributed by atoms with Crippen molar-refractivity contribution in [3.05, 3.63) is 35.4 Å². The van der Waals surface area contributed by atoms with E-state index in [1.165, 1.54) is 5.56 Å². The topological polar surface area (TPSA) is 29.5 Å². The summed E-state index contributed by atoms with van der Waals surface area (Å²) in [5, 5.41) is 9.93. The molecule has 2 fully saturated rings. The predicted molar refractivity (Wildman–Crippen MR) is 57.5 cm³/mol. The smallest absolute Gasteiger partial charge is 0.0899 e. The zero-order chi connectivity index (χ0) is 10.3. The average Bonchev–Trinajstić information content (AvgIpc) is 2.84. The van der Waals surface area contributed by atoms with E-state index in [2.05, 4.69) is 12.1 Å². The summed E-state index contributed by atoms with van der Waals surface area (Å²) in [4.78, 5) is 0. The Balaban J connectivity index is 1.81. The molecule has 1 aliphatic heterocycles. The van der Waals surface area contributed by atoms with Crippen LogP contribution in [0.2, 0.25) is 0 Å². The van der Waals surface area contributed by atoms with Crippen molar-refractivity contribution in [2.24, 2.45) is 0 Å². The van der Waals surface area contributed by atoms with Gasteiger partial charge in [0.15, 0.2) is 0 Å². The van der Waals surface area contributed by atoms with Gasteiger partial charge in [-0.25, -0.2) is 0 Å². The molecule has 1 saturated carbocycles. The molecule has 0 amide bonds. The van der Waals surface area contributed by atoms with Crippen molar-refractivity contribution in [2.75, 3.05) is 6.61 Å². The zero-order valence-electron chi connectivity index (χ0n) is 8.78. The van der Waals surface area contributed by atoms with E-state index in [9.17, 15) is 5.11 Å². The normalized spacial score (nSPS) is 27.9. The standard InChI is InChI=1S/C13H16O2/c14-13(7-8-13)11-5-3-10(4-6-11)12-2-1-9-15-12/h3-6,12,14H,1-2,7-9H2. The highest BCUT2D eigenvalue weighted by Gasteiger charge is 2.41. The van der Waals surface area contributed by atoms with Crippen molar-refractivity contribution < 1.29 is 9.84 Å². The molecule has 2 heteroatoms. The maximum Gasteiger partial charge on any atom is 0.0899 e. The van der Waals surface area contributed by atoms with Gasteiger partial charge >= 0.3 is 0 Å².